The molecule has 0 aromatic carbocycles. The van der Waals surface area contributed by atoms with Crippen LogP contribution in [0.15, 0.2) is 0 Å². The van der Waals surface area contributed by atoms with Crippen molar-refractivity contribution in [3.63, 3.8) is 0 Å². The van der Waals surface area contributed by atoms with E-state index in [4.69, 9.17) is 10.3 Å². The molecule has 0 heterocycles. The Balaban J connectivity index is 3.82. The third kappa shape index (κ3) is 6.07. The topological polar surface area (TPSA) is 98.7 Å². The number of nitrogens with one attached hydrogen (secondary N) is 2. The Hall–Kier alpha value is -0.0600. The first-order valence-corrected chi connectivity index (χ1v) is 6.66. The quantitative estimate of drug-likeness (QED) is 0.243. The molecule has 6 nitrogen and oxygen atoms in total. The fourth-order valence-corrected chi connectivity index (χ4v) is 1.86. The van der Waals surface area contributed by atoms with Crippen molar-refractivity contribution in [2.45, 2.75) is 18.9 Å². The highest BCUT2D eigenvalue weighted by molar-refractivity contribution is 14.2. The summed E-state index contributed by atoms with van der Waals surface area (Å²) in [6.45, 7) is 0. The van der Waals surface area contributed by atoms with Crippen LogP contribution in [0.25, 0.3) is 0 Å². The van der Waals surface area contributed by atoms with Crippen LogP contribution in [0.4, 0.5) is 0 Å². The van der Waals surface area contributed by atoms with E-state index < -0.39 is 17.9 Å². The molecule has 76 valence electrons. The normalized spacial score (nSPS) is 12.2. The van der Waals surface area contributed by atoms with Gasteiger partial charge in [-0.15, -0.1) is 0 Å². The molecule has 0 aromatic rings. The minimum Gasteiger partial charge on any atom is -0.480 e. The van der Waals surface area contributed by atoms with Gasteiger partial charge in [0.05, 0.1) is 0 Å². The first kappa shape index (κ1) is 12.9. The predicted molar refractivity (Wildman–Crippen MR) is 55.3 cm³/mol. The number of hydrogen-bond acceptors (Lipinski definition) is 5. The van der Waals surface area contributed by atoms with E-state index in [0.29, 0.717) is 0 Å². The second-order valence-electron chi connectivity index (χ2n) is 2.16. The highest BCUT2D eigenvalue weighted by atomic mass is 127. The molecule has 0 aromatic heterocycles. The smallest absolute Gasteiger partial charge is 0.321 e. The minimum atomic E-state index is -1.02. The summed E-state index contributed by atoms with van der Waals surface area (Å²) >= 11 is 1.89. The number of amides is 1. The maximum absolute atomic E-state index is 10.6. The molecule has 0 aliphatic heterocycles. The maximum atomic E-state index is 10.6. The van der Waals surface area contributed by atoms with Crippen molar-refractivity contribution < 1.29 is 19.9 Å². The number of carboxylic acids is 1. The molecule has 0 spiro atoms. The van der Waals surface area contributed by atoms with Gasteiger partial charge in [0.1, 0.15) is 6.04 Å². The van der Waals surface area contributed by atoms with Gasteiger partial charge in [-0.2, -0.15) is 0 Å². The third-order valence-electron chi connectivity index (χ3n) is 1.27. The number of carbonyl (C=O) groups is 2. The van der Waals surface area contributed by atoms with Gasteiger partial charge < -0.3 is 5.11 Å². The number of aliphatic carboxylic acids is 1. The lowest BCUT2D eigenvalue weighted by Gasteiger charge is -2.09. The Morgan fingerprint density at radius 1 is 1.54 bits per heavy atom. The summed E-state index contributed by atoms with van der Waals surface area (Å²) in [6, 6.07) is -0.779. The van der Waals surface area contributed by atoms with E-state index in [1.54, 1.807) is 0 Å². The minimum absolute atomic E-state index is 0.0301. The molecule has 0 saturated carbocycles. The fourth-order valence-electron chi connectivity index (χ4n) is 0.618. The van der Waals surface area contributed by atoms with Crippen LogP contribution in [0.2, 0.25) is 0 Å². The molecule has 0 aliphatic rings. The van der Waals surface area contributed by atoms with E-state index in [9.17, 15) is 9.59 Å². The molecule has 0 unspecified atom stereocenters. The second-order valence-corrected chi connectivity index (χ2v) is 3.87. The third-order valence-corrected chi connectivity index (χ3v) is 2.41. The van der Waals surface area contributed by atoms with Crippen LogP contribution in [0.5, 0.6) is 0 Å². The van der Waals surface area contributed by atoms with Crippen molar-refractivity contribution in [2.24, 2.45) is 0 Å². The van der Waals surface area contributed by atoms with Gasteiger partial charge in [0.2, 0.25) is 5.91 Å². The average Bonchev–Trinajstić information content (AvgIpc) is 2.11. The summed E-state index contributed by atoms with van der Waals surface area (Å²) in [7, 11) is 1.14. The van der Waals surface area contributed by atoms with Crippen molar-refractivity contribution in [1.29, 1.82) is 0 Å². The molecule has 0 bridgehead atoms. The van der Waals surface area contributed by atoms with E-state index in [0.717, 1.165) is 9.12 Å². The van der Waals surface area contributed by atoms with Crippen LogP contribution < -0.4 is 10.2 Å². The largest absolute Gasteiger partial charge is 0.480 e. The molecule has 1 atom stereocenters. The highest BCUT2D eigenvalue weighted by Gasteiger charge is 2.17. The van der Waals surface area contributed by atoms with E-state index >= 15 is 0 Å². The van der Waals surface area contributed by atoms with E-state index in [2.05, 4.69) is 4.72 Å². The van der Waals surface area contributed by atoms with Gasteiger partial charge in [-0.25, -0.2) is 10.2 Å². The molecular formula is C5H9IN2O4S. The monoisotopic (exact) mass is 320 g/mol. The summed E-state index contributed by atoms with van der Waals surface area (Å²) < 4.78 is 2.60. The van der Waals surface area contributed by atoms with E-state index in [1.165, 1.54) is 5.48 Å². The summed E-state index contributed by atoms with van der Waals surface area (Å²) in [5.74, 6) is -1.61. The van der Waals surface area contributed by atoms with Gasteiger partial charge in [-0.05, 0) is 15.5 Å². The predicted octanol–water partition coefficient (Wildman–Crippen LogP) is 0.313. The van der Waals surface area contributed by atoms with Gasteiger partial charge in [0, 0.05) is 27.6 Å². The van der Waals surface area contributed by atoms with Crippen LogP contribution in [0.3, 0.4) is 0 Å². The zero-order valence-electron chi connectivity index (χ0n) is 6.49. The van der Waals surface area contributed by atoms with Crippen molar-refractivity contribution in [2.75, 3.05) is 0 Å². The van der Waals surface area contributed by atoms with Crippen molar-refractivity contribution in [1.82, 2.24) is 10.2 Å². The lowest BCUT2D eigenvalue weighted by atomic mass is 10.2. The van der Waals surface area contributed by atoms with Crippen molar-refractivity contribution in [3.05, 3.63) is 0 Å². The molecule has 0 saturated heterocycles. The zero-order valence-corrected chi connectivity index (χ0v) is 9.46. The van der Waals surface area contributed by atoms with E-state index in [1.807, 2.05) is 21.2 Å². The number of carboxylic acid groups (broad SMARTS) is 1. The number of hydrogen-bond donors (Lipinski definition) is 4. The average molecular weight is 320 g/mol. The van der Waals surface area contributed by atoms with Gasteiger partial charge in [-0.3, -0.25) is 14.8 Å². The second kappa shape index (κ2) is 7.35. The lowest BCUT2D eigenvalue weighted by molar-refractivity contribution is -0.139. The first-order chi connectivity index (χ1) is 6.11. The standard InChI is InChI=1S/C5H9IN2O4S/c6-13-8-3(5(10)11)1-2-4(9)7-12/h3,8,12H,1-2H2,(H,7,9)(H,10,11)/t3-/m0/s1. The van der Waals surface area contributed by atoms with Crippen molar-refractivity contribution in [3.8, 4) is 0 Å². The number of hydroxylamine groups is 1. The lowest BCUT2D eigenvalue weighted by Crippen LogP contribution is -2.33. The van der Waals surface area contributed by atoms with Crippen LogP contribution in [-0.2, 0) is 9.59 Å². The van der Waals surface area contributed by atoms with Gasteiger partial charge in [0.25, 0.3) is 0 Å². The summed E-state index contributed by atoms with van der Waals surface area (Å²) in [5.41, 5.74) is 1.43. The SMILES string of the molecule is O=C(CC[C@H](NSI)C(=O)O)NO. The summed E-state index contributed by atoms with van der Waals surface area (Å²) in [4.78, 5) is 21.1. The summed E-state index contributed by atoms with van der Waals surface area (Å²) in [5, 5.41) is 16.8. The molecule has 0 aliphatic carbocycles. The van der Waals surface area contributed by atoms with Gasteiger partial charge in [-0.1, -0.05) is 0 Å². The molecule has 0 radical (unpaired) electrons. The Kier molecular flexibility index (Phi) is 7.32. The Bertz CT molecular complexity index is 191. The molecule has 13 heavy (non-hydrogen) atoms. The van der Waals surface area contributed by atoms with Crippen molar-refractivity contribution >= 4 is 42.2 Å². The molecule has 0 fully saturated rings. The maximum Gasteiger partial charge on any atom is 0.321 e. The molecule has 8 heteroatoms. The number of carbonyl (C=O) groups excluding carboxylic acids is 1. The van der Waals surface area contributed by atoms with Crippen LogP contribution in [-0.4, -0.2) is 28.2 Å². The van der Waals surface area contributed by atoms with Crippen LogP contribution in [0, 0.1) is 0 Å². The van der Waals surface area contributed by atoms with E-state index in [-0.39, 0.29) is 12.8 Å². The fraction of sp³-hybridized carbons (Fsp3) is 0.600. The molecular weight excluding hydrogens is 311 g/mol. The zero-order chi connectivity index (χ0) is 10.3. The first-order valence-electron chi connectivity index (χ1n) is 3.30. The number of halogens is 1. The van der Waals surface area contributed by atoms with Crippen LogP contribution in [0.1, 0.15) is 12.8 Å². The van der Waals surface area contributed by atoms with Gasteiger partial charge in [0.15, 0.2) is 0 Å². The molecule has 0 rings (SSSR count). The Morgan fingerprint density at radius 2 is 2.15 bits per heavy atom. The van der Waals surface area contributed by atoms with Crippen LogP contribution >= 0.6 is 30.3 Å². The highest BCUT2D eigenvalue weighted by Crippen LogP contribution is 2.09. The van der Waals surface area contributed by atoms with Gasteiger partial charge >= 0.3 is 5.97 Å². The molecule has 4 N–H and O–H groups in total. The molecule has 1 amide bonds. The Morgan fingerprint density at radius 3 is 2.54 bits per heavy atom. The Labute approximate surface area is 91.1 Å². The summed E-state index contributed by atoms with van der Waals surface area (Å²) in [6.07, 6.45) is 0.107. The number of rotatable bonds is 6.